The second-order valence-electron chi connectivity index (χ2n) is 6.07. The zero-order valence-electron chi connectivity index (χ0n) is 14.8. The Morgan fingerprint density at radius 2 is 1.92 bits per heavy atom. The minimum atomic E-state index is -0.00345. The third-order valence-corrected chi connectivity index (χ3v) is 4.52. The van der Waals surface area contributed by atoms with Crippen molar-refractivity contribution in [2.75, 3.05) is 31.6 Å². The molecule has 2 aromatic rings. The molecule has 1 aliphatic rings. The quantitative estimate of drug-likeness (QED) is 0.741. The maximum Gasteiger partial charge on any atom is 0.324 e. The molecule has 1 fully saturated rings. The van der Waals surface area contributed by atoms with Crippen LogP contribution in [0.2, 0.25) is 0 Å². The minimum absolute atomic E-state index is 0.00345. The van der Waals surface area contributed by atoms with Crippen molar-refractivity contribution < 1.29 is 9.53 Å². The van der Waals surface area contributed by atoms with Crippen LogP contribution in [0.5, 0.6) is 5.75 Å². The number of ether oxygens (including phenoxy) is 1. The molecule has 0 saturated carbocycles. The number of nitrogens with zero attached hydrogens (tertiary/aromatic N) is 3. The summed E-state index contributed by atoms with van der Waals surface area (Å²) >= 11 is 0. The zero-order chi connectivity index (χ0) is 18.5. The van der Waals surface area contributed by atoms with Crippen molar-refractivity contribution >= 4 is 11.7 Å². The SMILES string of the molecule is C=CCCN1CCN(c2ccc(-c3ccc(C#N)cc3)cc2OC)C1=O. The number of anilines is 1. The van der Waals surface area contributed by atoms with Crippen molar-refractivity contribution in [3.05, 3.63) is 60.7 Å². The maximum absolute atomic E-state index is 12.6. The Morgan fingerprint density at radius 1 is 1.19 bits per heavy atom. The van der Waals surface area contributed by atoms with E-state index in [2.05, 4.69) is 12.6 Å². The number of amides is 2. The van der Waals surface area contributed by atoms with Gasteiger partial charge in [0, 0.05) is 19.6 Å². The van der Waals surface area contributed by atoms with Gasteiger partial charge in [0.25, 0.3) is 0 Å². The van der Waals surface area contributed by atoms with E-state index in [0.717, 1.165) is 23.2 Å². The maximum atomic E-state index is 12.6. The van der Waals surface area contributed by atoms with Crippen LogP contribution in [0, 0.1) is 11.3 Å². The lowest BCUT2D eigenvalue weighted by Gasteiger charge is -2.21. The first-order chi connectivity index (χ1) is 12.7. The summed E-state index contributed by atoms with van der Waals surface area (Å²) in [5, 5.41) is 8.92. The van der Waals surface area contributed by atoms with E-state index >= 15 is 0 Å². The van der Waals surface area contributed by atoms with Gasteiger partial charge in [0.15, 0.2) is 0 Å². The lowest BCUT2D eigenvalue weighted by molar-refractivity contribution is 0.221. The third-order valence-electron chi connectivity index (χ3n) is 4.52. The van der Waals surface area contributed by atoms with Crippen molar-refractivity contribution in [1.82, 2.24) is 4.90 Å². The molecular formula is C21H21N3O2. The Labute approximate surface area is 153 Å². The number of rotatable bonds is 6. The predicted octanol–water partition coefficient (Wildman–Crippen LogP) is 4.05. The van der Waals surface area contributed by atoms with Gasteiger partial charge in [-0.3, -0.25) is 4.90 Å². The summed E-state index contributed by atoms with van der Waals surface area (Å²) in [6.45, 7) is 5.74. The summed E-state index contributed by atoms with van der Waals surface area (Å²) < 4.78 is 5.55. The molecule has 132 valence electrons. The van der Waals surface area contributed by atoms with Gasteiger partial charge in [0.05, 0.1) is 24.4 Å². The first kappa shape index (κ1) is 17.6. The Morgan fingerprint density at radius 3 is 2.58 bits per heavy atom. The van der Waals surface area contributed by atoms with E-state index in [9.17, 15) is 4.79 Å². The molecule has 5 nitrogen and oxygen atoms in total. The number of urea groups is 1. The number of methoxy groups -OCH3 is 1. The van der Waals surface area contributed by atoms with Gasteiger partial charge in [-0.05, 0) is 41.8 Å². The van der Waals surface area contributed by atoms with Crippen molar-refractivity contribution in [3.8, 4) is 22.9 Å². The first-order valence-electron chi connectivity index (χ1n) is 8.54. The van der Waals surface area contributed by atoms with Crippen LogP contribution in [0.3, 0.4) is 0 Å². The monoisotopic (exact) mass is 347 g/mol. The molecule has 0 spiro atoms. The highest BCUT2D eigenvalue weighted by molar-refractivity contribution is 5.96. The normalized spacial score (nSPS) is 13.6. The summed E-state index contributed by atoms with van der Waals surface area (Å²) in [6, 6.07) is 15.3. The van der Waals surface area contributed by atoms with E-state index in [4.69, 9.17) is 10.00 Å². The average molecular weight is 347 g/mol. The van der Waals surface area contributed by atoms with Crippen LogP contribution in [0.25, 0.3) is 11.1 Å². The highest BCUT2D eigenvalue weighted by Gasteiger charge is 2.30. The van der Waals surface area contributed by atoms with Gasteiger partial charge < -0.3 is 9.64 Å². The molecule has 2 aromatic carbocycles. The molecule has 0 N–H and O–H groups in total. The number of hydrogen-bond acceptors (Lipinski definition) is 3. The standard InChI is InChI=1S/C21H21N3O2/c1-3-4-11-23-12-13-24(21(23)25)19-10-9-18(14-20(19)26-2)17-7-5-16(15-22)6-8-17/h3,5-10,14H,1,4,11-13H2,2H3. The van der Waals surface area contributed by atoms with Gasteiger partial charge in [0.2, 0.25) is 0 Å². The second kappa shape index (κ2) is 7.75. The summed E-state index contributed by atoms with van der Waals surface area (Å²) in [6.07, 6.45) is 2.61. The van der Waals surface area contributed by atoms with Crippen LogP contribution < -0.4 is 9.64 Å². The molecule has 1 heterocycles. The second-order valence-corrected chi connectivity index (χ2v) is 6.07. The van der Waals surface area contributed by atoms with Crippen LogP contribution in [-0.4, -0.2) is 37.7 Å². The van der Waals surface area contributed by atoms with Crippen molar-refractivity contribution in [2.24, 2.45) is 0 Å². The van der Waals surface area contributed by atoms with E-state index in [1.54, 1.807) is 24.1 Å². The fourth-order valence-corrected chi connectivity index (χ4v) is 3.08. The number of nitriles is 1. The fraction of sp³-hybridized carbons (Fsp3) is 0.238. The molecule has 0 aromatic heterocycles. The van der Waals surface area contributed by atoms with E-state index in [-0.39, 0.29) is 6.03 Å². The fourth-order valence-electron chi connectivity index (χ4n) is 3.08. The molecule has 2 amide bonds. The minimum Gasteiger partial charge on any atom is -0.495 e. The van der Waals surface area contributed by atoms with Gasteiger partial charge in [-0.15, -0.1) is 6.58 Å². The molecule has 1 aliphatic heterocycles. The van der Waals surface area contributed by atoms with Gasteiger partial charge in [-0.25, -0.2) is 4.79 Å². The number of benzene rings is 2. The van der Waals surface area contributed by atoms with E-state index in [1.807, 2.05) is 41.3 Å². The average Bonchev–Trinajstić information content (AvgIpc) is 3.06. The summed E-state index contributed by atoms with van der Waals surface area (Å²) in [4.78, 5) is 16.2. The Bertz CT molecular complexity index is 853. The van der Waals surface area contributed by atoms with Crippen LogP contribution >= 0.6 is 0 Å². The predicted molar refractivity (Wildman–Crippen MR) is 102 cm³/mol. The number of carbonyl (C=O) groups is 1. The number of hydrogen-bond donors (Lipinski definition) is 0. The molecule has 0 bridgehead atoms. The molecule has 5 heteroatoms. The van der Waals surface area contributed by atoms with Crippen molar-refractivity contribution in [3.63, 3.8) is 0 Å². The molecule has 0 atom stereocenters. The summed E-state index contributed by atoms with van der Waals surface area (Å²) in [7, 11) is 1.61. The van der Waals surface area contributed by atoms with E-state index < -0.39 is 0 Å². The Hall–Kier alpha value is -3.26. The van der Waals surface area contributed by atoms with Crippen LogP contribution in [0.1, 0.15) is 12.0 Å². The largest absolute Gasteiger partial charge is 0.495 e. The number of carbonyl (C=O) groups excluding carboxylic acids is 1. The lowest BCUT2D eigenvalue weighted by atomic mass is 10.0. The Kier molecular flexibility index (Phi) is 5.23. The molecule has 1 saturated heterocycles. The Balaban J connectivity index is 1.86. The lowest BCUT2D eigenvalue weighted by Crippen LogP contribution is -2.32. The highest BCUT2D eigenvalue weighted by atomic mass is 16.5. The van der Waals surface area contributed by atoms with Crippen LogP contribution in [0.15, 0.2) is 55.1 Å². The van der Waals surface area contributed by atoms with E-state index in [1.165, 1.54) is 0 Å². The molecule has 3 rings (SSSR count). The smallest absolute Gasteiger partial charge is 0.324 e. The molecule has 0 aliphatic carbocycles. The molecule has 0 unspecified atom stereocenters. The summed E-state index contributed by atoms with van der Waals surface area (Å²) in [5.41, 5.74) is 3.37. The van der Waals surface area contributed by atoms with Gasteiger partial charge >= 0.3 is 6.03 Å². The van der Waals surface area contributed by atoms with Crippen LogP contribution in [-0.2, 0) is 0 Å². The van der Waals surface area contributed by atoms with Crippen LogP contribution in [0.4, 0.5) is 10.5 Å². The van der Waals surface area contributed by atoms with Crippen molar-refractivity contribution in [2.45, 2.75) is 6.42 Å². The van der Waals surface area contributed by atoms with Crippen molar-refractivity contribution in [1.29, 1.82) is 5.26 Å². The molecule has 26 heavy (non-hydrogen) atoms. The molecular weight excluding hydrogens is 326 g/mol. The van der Waals surface area contributed by atoms with E-state index in [0.29, 0.717) is 30.9 Å². The zero-order valence-corrected chi connectivity index (χ0v) is 14.8. The topological polar surface area (TPSA) is 56.6 Å². The highest BCUT2D eigenvalue weighted by Crippen LogP contribution is 2.35. The third kappa shape index (κ3) is 3.40. The first-order valence-corrected chi connectivity index (χ1v) is 8.54. The summed E-state index contributed by atoms with van der Waals surface area (Å²) in [5.74, 6) is 0.658. The van der Waals surface area contributed by atoms with Gasteiger partial charge in [-0.2, -0.15) is 5.26 Å². The van der Waals surface area contributed by atoms with Gasteiger partial charge in [-0.1, -0.05) is 24.3 Å². The van der Waals surface area contributed by atoms with Gasteiger partial charge in [0.1, 0.15) is 5.75 Å². The molecule has 0 radical (unpaired) electrons.